The Morgan fingerprint density at radius 2 is 2.06 bits per heavy atom. The van der Waals surface area contributed by atoms with Gasteiger partial charge in [0.05, 0.1) is 11.4 Å². The molecule has 0 aliphatic heterocycles. The molecule has 3 rings (SSSR count). The van der Waals surface area contributed by atoms with Gasteiger partial charge < -0.3 is 5.11 Å². The van der Waals surface area contributed by atoms with Crippen LogP contribution in [0.2, 0.25) is 0 Å². The highest BCUT2D eigenvalue weighted by atomic mass is 16.3. The van der Waals surface area contributed by atoms with Gasteiger partial charge in [0, 0.05) is 6.20 Å². The van der Waals surface area contributed by atoms with Crippen LogP contribution in [0.5, 0.6) is 5.75 Å². The maximum absolute atomic E-state index is 9.52. The molecule has 1 aromatic heterocycles. The van der Waals surface area contributed by atoms with Gasteiger partial charge in [-0.3, -0.25) is 0 Å². The van der Waals surface area contributed by atoms with E-state index in [1.54, 1.807) is 6.07 Å². The Balaban J connectivity index is 2.03. The molecule has 0 fully saturated rings. The number of aryl methyl sites for hydroxylation is 3. The lowest BCUT2D eigenvalue weighted by Gasteiger charge is -2.06. The molecule has 1 N–H and O–H groups in total. The van der Waals surface area contributed by atoms with Gasteiger partial charge in [-0.05, 0) is 61.9 Å². The zero-order valence-electron chi connectivity index (χ0n) is 9.98. The van der Waals surface area contributed by atoms with Gasteiger partial charge in [0.2, 0.25) is 0 Å². The van der Waals surface area contributed by atoms with Gasteiger partial charge >= 0.3 is 0 Å². The molecule has 3 heteroatoms. The van der Waals surface area contributed by atoms with Crippen molar-refractivity contribution < 1.29 is 5.11 Å². The van der Waals surface area contributed by atoms with Crippen molar-refractivity contribution in [3.8, 4) is 11.4 Å². The van der Waals surface area contributed by atoms with Crippen LogP contribution in [0.25, 0.3) is 5.69 Å². The van der Waals surface area contributed by atoms with Gasteiger partial charge in [-0.25, -0.2) is 4.68 Å². The average Bonchev–Trinajstić information content (AvgIpc) is 2.76. The summed E-state index contributed by atoms with van der Waals surface area (Å²) in [5.74, 6) is 0.339. The molecule has 0 bridgehead atoms. The predicted octanol–water partition coefficient (Wildman–Crippen LogP) is 2.77. The Bertz CT molecular complexity index is 534. The molecule has 0 radical (unpaired) electrons. The molecule has 0 spiro atoms. The molecule has 0 amide bonds. The summed E-state index contributed by atoms with van der Waals surface area (Å²) in [7, 11) is 0. The second-order valence-corrected chi connectivity index (χ2v) is 4.72. The quantitative estimate of drug-likeness (QED) is 0.815. The van der Waals surface area contributed by atoms with Gasteiger partial charge in [-0.15, -0.1) is 0 Å². The van der Waals surface area contributed by atoms with Gasteiger partial charge in [0.1, 0.15) is 5.75 Å². The van der Waals surface area contributed by atoms with Gasteiger partial charge in [-0.2, -0.15) is 5.10 Å². The maximum atomic E-state index is 9.52. The number of phenolic OH excluding ortho intramolecular Hbond substituents is 1. The number of hydrogen-bond donors (Lipinski definition) is 1. The largest absolute Gasteiger partial charge is 0.508 e. The summed E-state index contributed by atoms with van der Waals surface area (Å²) in [6, 6.07) is 5.60. The van der Waals surface area contributed by atoms with E-state index in [4.69, 9.17) is 0 Å². The van der Waals surface area contributed by atoms with E-state index in [-0.39, 0.29) is 0 Å². The zero-order chi connectivity index (χ0) is 11.8. The lowest BCUT2D eigenvalue weighted by molar-refractivity contribution is 0.471. The maximum Gasteiger partial charge on any atom is 0.118 e. The smallest absolute Gasteiger partial charge is 0.118 e. The van der Waals surface area contributed by atoms with Crippen LogP contribution in [0.3, 0.4) is 0 Å². The van der Waals surface area contributed by atoms with Crippen LogP contribution in [0, 0.1) is 6.92 Å². The van der Waals surface area contributed by atoms with E-state index in [9.17, 15) is 5.11 Å². The van der Waals surface area contributed by atoms with Crippen LogP contribution in [0.4, 0.5) is 0 Å². The molecule has 2 aromatic rings. The van der Waals surface area contributed by atoms with Gasteiger partial charge in [-0.1, -0.05) is 0 Å². The van der Waals surface area contributed by atoms with Crippen LogP contribution in [-0.2, 0) is 12.8 Å². The van der Waals surface area contributed by atoms with Crippen LogP contribution < -0.4 is 0 Å². The van der Waals surface area contributed by atoms with Crippen molar-refractivity contribution in [1.82, 2.24) is 9.78 Å². The number of aromatic hydroxyl groups is 1. The summed E-state index contributed by atoms with van der Waals surface area (Å²) in [6.45, 7) is 1.91. The molecule has 0 unspecified atom stereocenters. The molecule has 0 saturated carbocycles. The fourth-order valence-electron chi connectivity index (χ4n) is 2.39. The first kappa shape index (κ1) is 10.4. The molecule has 0 atom stereocenters. The first-order valence-corrected chi connectivity index (χ1v) is 6.11. The summed E-state index contributed by atoms with van der Waals surface area (Å²) in [4.78, 5) is 0. The molecule has 1 aliphatic rings. The Labute approximate surface area is 101 Å². The third kappa shape index (κ3) is 1.82. The molecule has 1 heterocycles. The van der Waals surface area contributed by atoms with E-state index in [1.807, 2.05) is 23.7 Å². The third-order valence-electron chi connectivity index (χ3n) is 3.43. The SMILES string of the molecule is Cc1cc(-n2cc3c(n2)CCCC3)ccc1O. The van der Waals surface area contributed by atoms with E-state index in [0.717, 1.165) is 24.1 Å². The summed E-state index contributed by atoms with van der Waals surface area (Å²) in [6.07, 6.45) is 6.89. The Morgan fingerprint density at radius 3 is 2.82 bits per heavy atom. The van der Waals surface area contributed by atoms with Crippen molar-refractivity contribution in [3.05, 3.63) is 41.2 Å². The standard InChI is InChI=1S/C14H16N2O/c1-10-8-12(6-7-14(10)17)16-9-11-4-2-3-5-13(11)15-16/h6-9,17H,2-5H2,1H3. The van der Waals surface area contributed by atoms with Gasteiger partial charge in [0.25, 0.3) is 0 Å². The number of aromatic nitrogens is 2. The minimum atomic E-state index is 0.339. The highest BCUT2D eigenvalue weighted by Gasteiger charge is 2.14. The molecule has 3 nitrogen and oxygen atoms in total. The monoisotopic (exact) mass is 228 g/mol. The second kappa shape index (κ2) is 3.91. The third-order valence-corrected chi connectivity index (χ3v) is 3.43. The highest BCUT2D eigenvalue weighted by Crippen LogP contribution is 2.23. The van der Waals surface area contributed by atoms with Crippen LogP contribution in [-0.4, -0.2) is 14.9 Å². The second-order valence-electron chi connectivity index (χ2n) is 4.72. The number of phenols is 1. The first-order valence-electron chi connectivity index (χ1n) is 6.11. The average molecular weight is 228 g/mol. The Hall–Kier alpha value is -1.77. The topological polar surface area (TPSA) is 38.0 Å². The summed E-state index contributed by atoms with van der Waals surface area (Å²) < 4.78 is 1.93. The first-order chi connectivity index (χ1) is 8.24. The highest BCUT2D eigenvalue weighted by molar-refractivity contribution is 5.43. The lowest BCUT2D eigenvalue weighted by Crippen LogP contribution is -2.00. The van der Waals surface area contributed by atoms with E-state index >= 15 is 0 Å². The Morgan fingerprint density at radius 1 is 1.24 bits per heavy atom. The number of fused-ring (bicyclic) bond motifs is 1. The van der Waals surface area contributed by atoms with Crippen molar-refractivity contribution in [1.29, 1.82) is 0 Å². The summed E-state index contributed by atoms with van der Waals surface area (Å²) in [5.41, 5.74) is 4.52. The fourth-order valence-corrected chi connectivity index (χ4v) is 2.39. The summed E-state index contributed by atoms with van der Waals surface area (Å²) >= 11 is 0. The molecular weight excluding hydrogens is 212 g/mol. The number of nitrogens with zero attached hydrogens (tertiary/aromatic N) is 2. The number of rotatable bonds is 1. The molecule has 0 saturated heterocycles. The van der Waals surface area contributed by atoms with Crippen LogP contribution >= 0.6 is 0 Å². The molecule has 1 aromatic carbocycles. The fraction of sp³-hybridized carbons (Fsp3) is 0.357. The normalized spacial score (nSPS) is 14.6. The predicted molar refractivity (Wildman–Crippen MR) is 66.6 cm³/mol. The van der Waals surface area contributed by atoms with Crippen molar-refractivity contribution in [2.45, 2.75) is 32.6 Å². The molecule has 1 aliphatic carbocycles. The number of hydrogen-bond acceptors (Lipinski definition) is 2. The Kier molecular flexibility index (Phi) is 2.39. The van der Waals surface area contributed by atoms with E-state index < -0.39 is 0 Å². The van der Waals surface area contributed by atoms with Crippen molar-refractivity contribution in [2.24, 2.45) is 0 Å². The zero-order valence-corrected chi connectivity index (χ0v) is 9.98. The molecule has 17 heavy (non-hydrogen) atoms. The van der Waals surface area contributed by atoms with Crippen LogP contribution in [0.15, 0.2) is 24.4 Å². The lowest BCUT2D eigenvalue weighted by atomic mass is 9.99. The van der Waals surface area contributed by atoms with E-state index in [0.29, 0.717) is 5.75 Å². The van der Waals surface area contributed by atoms with Crippen molar-refractivity contribution in [3.63, 3.8) is 0 Å². The van der Waals surface area contributed by atoms with E-state index in [1.165, 1.54) is 24.1 Å². The van der Waals surface area contributed by atoms with Crippen LogP contribution in [0.1, 0.15) is 29.7 Å². The molecular formula is C14H16N2O. The summed E-state index contributed by atoms with van der Waals surface area (Å²) in [5, 5.41) is 14.1. The van der Waals surface area contributed by atoms with Crippen molar-refractivity contribution in [2.75, 3.05) is 0 Å². The molecule has 88 valence electrons. The minimum Gasteiger partial charge on any atom is -0.508 e. The van der Waals surface area contributed by atoms with E-state index in [2.05, 4.69) is 11.3 Å². The van der Waals surface area contributed by atoms with Crippen molar-refractivity contribution >= 4 is 0 Å². The van der Waals surface area contributed by atoms with Gasteiger partial charge in [0.15, 0.2) is 0 Å². The number of benzene rings is 1. The minimum absolute atomic E-state index is 0.339.